The SMILES string of the molecule is C#CCNC(=O)c1nc(-c2ccco2)n(-c2ccc(C)cc2)n1. The van der Waals surface area contributed by atoms with E-state index in [1.807, 2.05) is 31.2 Å². The highest BCUT2D eigenvalue weighted by molar-refractivity contribution is 5.91. The molecule has 6 nitrogen and oxygen atoms in total. The van der Waals surface area contributed by atoms with Crippen molar-refractivity contribution in [1.82, 2.24) is 20.1 Å². The molecule has 0 atom stereocenters. The highest BCUT2D eigenvalue weighted by atomic mass is 16.3. The number of nitrogens with zero attached hydrogens (tertiary/aromatic N) is 3. The molecule has 0 radical (unpaired) electrons. The number of rotatable bonds is 4. The number of benzene rings is 1. The maximum atomic E-state index is 12.0. The molecule has 1 amide bonds. The lowest BCUT2D eigenvalue weighted by Gasteiger charge is -2.04. The number of amides is 1. The first kappa shape index (κ1) is 14.6. The van der Waals surface area contributed by atoms with Gasteiger partial charge in [0.1, 0.15) is 0 Å². The number of nitrogens with one attached hydrogen (secondary N) is 1. The normalized spacial score (nSPS) is 10.3. The third kappa shape index (κ3) is 2.99. The summed E-state index contributed by atoms with van der Waals surface area (Å²) in [5.41, 5.74) is 1.91. The zero-order chi connectivity index (χ0) is 16.2. The number of aromatic nitrogens is 3. The zero-order valence-electron chi connectivity index (χ0n) is 12.5. The lowest BCUT2D eigenvalue weighted by Crippen LogP contribution is -2.24. The smallest absolute Gasteiger partial charge is 0.291 e. The molecule has 114 valence electrons. The number of aryl methyl sites for hydroxylation is 1. The van der Waals surface area contributed by atoms with E-state index in [1.54, 1.807) is 23.1 Å². The van der Waals surface area contributed by atoms with Crippen molar-refractivity contribution < 1.29 is 9.21 Å². The van der Waals surface area contributed by atoms with Crippen LogP contribution in [-0.4, -0.2) is 27.2 Å². The van der Waals surface area contributed by atoms with Gasteiger partial charge in [-0.15, -0.1) is 11.5 Å². The van der Waals surface area contributed by atoms with Crippen molar-refractivity contribution in [3.8, 4) is 29.6 Å². The summed E-state index contributed by atoms with van der Waals surface area (Å²) in [5.74, 6) is 2.92. The molecule has 0 aliphatic heterocycles. The van der Waals surface area contributed by atoms with Crippen LogP contribution in [0.1, 0.15) is 16.2 Å². The van der Waals surface area contributed by atoms with Crippen LogP contribution in [0.5, 0.6) is 0 Å². The molecular formula is C17H14N4O2. The van der Waals surface area contributed by atoms with Crippen LogP contribution in [0.4, 0.5) is 0 Å². The lowest BCUT2D eigenvalue weighted by molar-refractivity contribution is 0.0948. The first-order chi connectivity index (χ1) is 11.2. The van der Waals surface area contributed by atoms with Crippen LogP contribution in [0.25, 0.3) is 17.3 Å². The monoisotopic (exact) mass is 306 g/mol. The Morgan fingerprint density at radius 3 is 2.78 bits per heavy atom. The first-order valence-electron chi connectivity index (χ1n) is 6.98. The van der Waals surface area contributed by atoms with E-state index in [4.69, 9.17) is 10.8 Å². The fraction of sp³-hybridized carbons (Fsp3) is 0.118. The molecule has 0 bridgehead atoms. The second-order valence-electron chi connectivity index (χ2n) is 4.87. The molecule has 0 aliphatic carbocycles. The molecule has 0 saturated carbocycles. The molecule has 3 aromatic rings. The van der Waals surface area contributed by atoms with Crippen molar-refractivity contribution >= 4 is 5.91 Å². The summed E-state index contributed by atoms with van der Waals surface area (Å²) in [5, 5.41) is 6.83. The van der Waals surface area contributed by atoms with E-state index in [2.05, 4.69) is 21.3 Å². The fourth-order valence-electron chi connectivity index (χ4n) is 2.05. The number of carbonyl (C=O) groups excluding carboxylic acids is 1. The molecule has 2 heterocycles. The second-order valence-corrected chi connectivity index (χ2v) is 4.87. The minimum absolute atomic E-state index is 0.0345. The first-order valence-corrected chi connectivity index (χ1v) is 6.98. The summed E-state index contributed by atoms with van der Waals surface area (Å²) < 4.78 is 6.96. The topological polar surface area (TPSA) is 73.0 Å². The number of carbonyl (C=O) groups is 1. The van der Waals surface area contributed by atoms with Gasteiger partial charge in [-0.3, -0.25) is 4.79 Å². The van der Waals surface area contributed by atoms with Crippen molar-refractivity contribution in [2.45, 2.75) is 6.92 Å². The molecule has 1 aromatic carbocycles. The van der Waals surface area contributed by atoms with Crippen molar-refractivity contribution in [2.24, 2.45) is 0 Å². The predicted octanol–water partition coefficient (Wildman–Crippen LogP) is 2.20. The Bertz CT molecular complexity index is 855. The van der Waals surface area contributed by atoms with Crippen molar-refractivity contribution in [2.75, 3.05) is 6.54 Å². The Hall–Kier alpha value is -3.33. The van der Waals surface area contributed by atoms with Gasteiger partial charge in [0.25, 0.3) is 5.91 Å². The molecule has 0 fully saturated rings. The maximum Gasteiger partial charge on any atom is 0.291 e. The third-order valence-corrected chi connectivity index (χ3v) is 3.18. The third-order valence-electron chi connectivity index (χ3n) is 3.18. The second kappa shape index (κ2) is 6.20. The molecule has 1 N–H and O–H groups in total. The Morgan fingerprint density at radius 1 is 1.35 bits per heavy atom. The highest BCUT2D eigenvalue weighted by Crippen LogP contribution is 2.21. The standard InChI is InChI=1S/C17H14N4O2/c1-3-10-18-17(22)15-19-16(14-5-4-11-23-14)21(20-15)13-8-6-12(2)7-9-13/h1,4-9,11H,10H2,2H3,(H,18,22). The Morgan fingerprint density at radius 2 is 2.13 bits per heavy atom. The summed E-state index contributed by atoms with van der Waals surface area (Å²) >= 11 is 0. The highest BCUT2D eigenvalue weighted by Gasteiger charge is 2.19. The van der Waals surface area contributed by atoms with Gasteiger partial charge in [0.05, 0.1) is 18.5 Å². The van der Waals surface area contributed by atoms with Gasteiger partial charge in [-0.25, -0.2) is 4.68 Å². The van der Waals surface area contributed by atoms with Crippen LogP contribution in [0.15, 0.2) is 47.1 Å². The average molecular weight is 306 g/mol. The van der Waals surface area contributed by atoms with Crippen molar-refractivity contribution in [3.05, 3.63) is 54.0 Å². The van der Waals surface area contributed by atoms with Crippen LogP contribution in [-0.2, 0) is 0 Å². The predicted molar refractivity (Wildman–Crippen MR) is 85.0 cm³/mol. The molecule has 0 saturated heterocycles. The van der Waals surface area contributed by atoms with E-state index in [0.717, 1.165) is 11.3 Å². The Kier molecular flexibility index (Phi) is 3.93. The van der Waals surface area contributed by atoms with E-state index < -0.39 is 5.91 Å². The fourth-order valence-corrected chi connectivity index (χ4v) is 2.05. The molecule has 0 unspecified atom stereocenters. The van der Waals surface area contributed by atoms with Gasteiger partial charge in [0.15, 0.2) is 11.6 Å². The van der Waals surface area contributed by atoms with Crippen molar-refractivity contribution in [1.29, 1.82) is 0 Å². The van der Waals surface area contributed by atoms with Crippen LogP contribution in [0.2, 0.25) is 0 Å². The summed E-state index contributed by atoms with van der Waals surface area (Å²) in [6.07, 6.45) is 6.69. The Balaban J connectivity index is 2.06. The molecule has 6 heteroatoms. The van der Waals surface area contributed by atoms with Gasteiger partial charge in [-0.2, -0.15) is 4.98 Å². The molecule has 3 rings (SSSR count). The van der Waals surface area contributed by atoms with Crippen LogP contribution in [0, 0.1) is 19.3 Å². The molecular weight excluding hydrogens is 292 g/mol. The molecule has 23 heavy (non-hydrogen) atoms. The summed E-state index contributed by atoms with van der Waals surface area (Å²) in [7, 11) is 0. The van der Waals surface area contributed by atoms with Gasteiger partial charge in [0, 0.05) is 0 Å². The minimum Gasteiger partial charge on any atom is -0.461 e. The molecule has 2 aromatic heterocycles. The maximum absolute atomic E-state index is 12.0. The molecule has 0 spiro atoms. The number of furan rings is 1. The van der Waals surface area contributed by atoms with Gasteiger partial charge >= 0.3 is 0 Å². The lowest BCUT2D eigenvalue weighted by atomic mass is 10.2. The number of terminal acetylenes is 1. The van der Waals surface area contributed by atoms with E-state index in [1.165, 1.54) is 0 Å². The van der Waals surface area contributed by atoms with Crippen LogP contribution >= 0.6 is 0 Å². The van der Waals surface area contributed by atoms with Gasteiger partial charge in [-0.05, 0) is 31.2 Å². The minimum atomic E-state index is -0.429. The Labute approximate surface area is 133 Å². The zero-order valence-corrected chi connectivity index (χ0v) is 12.5. The summed E-state index contributed by atoms with van der Waals surface area (Å²) in [6, 6.07) is 11.2. The number of hydrogen-bond acceptors (Lipinski definition) is 4. The van der Waals surface area contributed by atoms with E-state index in [-0.39, 0.29) is 12.4 Å². The largest absolute Gasteiger partial charge is 0.461 e. The summed E-state index contributed by atoms with van der Waals surface area (Å²) in [6.45, 7) is 2.12. The number of hydrogen-bond donors (Lipinski definition) is 1. The summed E-state index contributed by atoms with van der Waals surface area (Å²) in [4.78, 5) is 16.3. The van der Waals surface area contributed by atoms with Gasteiger partial charge < -0.3 is 9.73 Å². The van der Waals surface area contributed by atoms with Gasteiger partial charge in [-0.1, -0.05) is 23.6 Å². The van der Waals surface area contributed by atoms with Crippen LogP contribution in [0.3, 0.4) is 0 Å². The van der Waals surface area contributed by atoms with Crippen molar-refractivity contribution in [3.63, 3.8) is 0 Å². The van der Waals surface area contributed by atoms with Gasteiger partial charge in [0.2, 0.25) is 5.82 Å². The van der Waals surface area contributed by atoms with E-state index in [0.29, 0.717) is 11.6 Å². The quantitative estimate of drug-likeness (QED) is 0.750. The molecule has 0 aliphatic rings. The van der Waals surface area contributed by atoms with E-state index >= 15 is 0 Å². The van der Waals surface area contributed by atoms with E-state index in [9.17, 15) is 4.79 Å². The van der Waals surface area contributed by atoms with Crippen LogP contribution < -0.4 is 5.32 Å². The average Bonchev–Trinajstić information content (AvgIpc) is 3.22.